The average Bonchev–Trinajstić information content (AvgIpc) is 3.05. The molecule has 1 atom stereocenters. The SMILES string of the molecule is CCOC(=O)CCC(Cc1ccc(-c2ccccc2)cc1)N1C(=O)CCC1=O. The van der Waals surface area contributed by atoms with Gasteiger partial charge in [0.15, 0.2) is 0 Å². The monoisotopic (exact) mass is 379 g/mol. The van der Waals surface area contributed by atoms with Crippen molar-refractivity contribution in [1.82, 2.24) is 4.90 Å². The van der Waals surface area contributed by atoms with Crippen molar-refractivity contribution in [1.29, 1.82) is 0 Å². The third kappa shape index (κ3) is 4.85. The first-order chi connectivity index (χ1) is 13.6. The standard InChI is InChI=1S/C23H25NO4/c1-2-28-23(27)15-12-20(24-21(25)13-14-22(24)26)16-17-8-10-19(11-9-17)18-6-4-3-5-7-18/h3-11,20H,2,12-16H2,1H3. The van der Waals surface area contributed by atoms with Crippen LogP contribution >= 0.6 is 0 Å². The zero-order valence-electron chi connectivity index (χ0n) is 16.1. The van der Waals surface area contributed by atoms with Gasteiger partial charge in [0.05, 0.1) is 6.61 Å². The van der Waals surface area contributed by atoms with E-state index in [4.69, 9.17) is 4.74 Å². The number of rotatable bonds is 8. The lowest BCUT2D eigenvalue weighted by molar-refractivity contribution is -0.146. The second-order valence-corrected chi connectivity index (χ2v) is 6.92. The molecule has 28 heavy (non-hydrogen) atoms. The number of benzene rings is 2. The molecule has 1 aliphatic heterocycles. The van der Waals surface area contributed by atoms with Crippen LogP contribution in [0.25, 0.3) is 11.1 Å². The fourth-order valence-corrected chi connectivity index (χ4v) is 3.58. The molecular weight excluding hydrogens is 354 g/mol. The number of carbonyl (C=O) groups is 3. The van der Waals surface area contributed by atoms with Crippen molar-refractivity contribution in [3.8, 4) is 11.1 Å². The summed E-state index contributed by atoms with van der Waals surface area (Å²) in [7, 11) is 0. The third-order valence-electron chi connectivity index (χ3n) is 4.97. The predicted molar refractivity (Wildman–Crippen MR) is 106 cm³/mol. The van der Waals surface area contributed by atoms with E-state index in [0.717, 1.165) is 16.7 Å². The summed E-state index contributed by atoms with van der Waals surface area (Å²) in [6.45, 7) is 2.09. The van der Waals surface area contributed by atoms with Crippen molar-refractivity contribution in [2.75, 3.05) is 6.61 Å². The highest BCUT2D eigenvalue weighted by atomic mass is 16.5. The third-order valence-corrected chi connectivity index (χ3v) is 4.97. The maximum atomic E-state index is 12.2. The number of hydrogen-bond donors (Lipinski definition) is 0. The van der Waals surface area contributed by atoms with Gasteiger partial charge >= 0.3 is 5.97 Å². The van der Waals surface area contributed by atoms with E-state index in [1.54, 1.807) is 6.92 Å². The molecule has 1 saturated heterocycles. The lowest BCUT2D eigenvalue weighted by Crippen LogP contribution is -2.41. The van der Waals surface area contributed by atoms with Gasteiger partial charge in [-0.2, -0.15) is 0 Å². The molecule has 0 aliphatic carbocycles. The van der Waals surface area contributed by atoms with Crippen LogP contribution in [0.1, 0.15) is 38.2 Å². The summed E-state index contributed by atoms with van der Waals surface area (Å²) >= 11 is 0. The van der Waals surface area contributed by atoms with Crippen LogP contribution in [-0.2, 0) is 25.5 Å². The van der Waals surface area contributed by atoms with Crippen molar-refractivity contribution in [2.45, 2.75) is 45.1 Å². The van der Waals surface area contributed by atoms with E-state index < -0.39 is 0 Å². The maximum Gasteiger partial charge on any atom is 0.305 e. The van der Waals surface area contributed by atoms with Crippen molar-refractivity contribution < 1.29 is 19.1 Å². The number of hydrogen-bond acceptors (Lipinski definition) is 4. The Labute approximate surface area is 165 Å². The molecule has 1 fully saturated rings. The highest BCUT2D eigenvalue weighted by molar-refractivity contribution is 6.02. The number of esters is 1. The van der Waals surface area contributed by atoms with E-state index in [1.165, 1.54) is 4.90 Å². The highest BCUT2D eigenvalue weighted by Crippen LogP contribution is 2.24. The van der Waals surface area contributed by atoms with Gasteiger partial charge in [0.2, 0.25) is 11.8 Å². The van der Waals surface area contributed by atoms with Gasteiger partial charge in [0, 0.05) is 25.3 Å². The molecule has 1 heterocycles. The minimum Gasteiger partial charge on any atom is -0.466 e. The molecule has 1 unspecified atom stereocenters. The summed E-state index contributed by atoms with van der Waals surface area (Å²) in [5.41, 5.74) is 3.28. The molecule has 2 aromatic rings. The second kappa shape index (κ2) is 9.31. The Morgan fingerprint density at radius 3 is 2.18 bits per heavy atom. The van der Waals surface area contributed by atoms with Crippen molar-refractivity contribution in [3.63, 3.8) is 0 Å². The van der Waals surface area contributed by atoms with Gasteiger partial charge in [0.1, 0.15) is 0 Å². The molecule has 0 N–H and O–H groups in total. The molecule has 1 aliphatic rings. The van der Waals surface area contributed by atoms with Crippen molar-refractivity contribution in [2.24, 2.45) is 0 Å². The normalized spacial score (nSPS) is 15.0. The van der Waals surface area contributed by atoms with Gasteiger partial charge in [-0.1, -0.05) is 54.6 Å². The lowest BCUT2D eigenvalue weighted by atomic mass is 9.97. The zero-order chi connectivity index (χ0) is 19.9. The summed E-state index contributed by atoms with van der Waals surface area (Å²) in [5.74, 6) is -0.606. The fourth-order valence-electron chi connectivity index (χ4n) is 3.58. The van der Waals surface area contributed by atoms with E-state index in [2.05, 4.69) is 12.1 Å². The Balaban J connectivity index is 1.74. The van der Waals surface area contributed by atoms with Crippen LogP contribution in [0.15, 0.2) is 54.6 Å². The topological polar surface area (TPSA) is 63.7 Å². The van der Waals surface area contributed by atoms with Gasteiger partial charge in [-0.25, -0.2) is 0 Å². The molecule has 146 valence electrons. The van der Waals surface area contributed by atoms with Crippen LogP contribution in [0.3, 0.4) is 0 Å². The quantitative estimate of drug-likeness (QED) is 0.518. The minimum absolute atomic E-state index is 0.153. The van der Waals surface area contributed by atoms with E-state index in [1.807, 2.05) is 42.5 Å². The molecule has 0 aromatic heterocycles. The van der Waals surface area contributed by atoms with Crippen LogP contribution in [0.2, 0.25) is 0 Å². The van der Waals surface area contributed by atoms with E-state index in [-0.39, 0.29) is 43.1 Å². The summed E-state index contributed by atoms with van der Waals surface area (Å²) in [5, 5.41) is 0. The van der Waals surface area contributed by atoms with Crippen molar-refractivity contribution >= 4 is 17.8 Å². The fraction of sp³-hybridized carbons (Fsp3) is 0.348. The first-order valence-corrected chi connectivity index (χ1v) is 9.73. The smallest absolute Gasteiger partial charge is 0.305 e. The highest BCUT2D eigenvalue weighted by Gasteiger charge is 2.35. The average molecular weight is 379 g/mol. The number of amides is 2. The Morgan fingerprint density at radius 2 is 1.57 bits per heavy atom. The largest absolute Gasteiger partial charge is 0.466 e. The van der Waals surface area contributed by atoms with E-state index in [9.17, 15) is 14.4 Å². The first kappa shape index (κ1) is 19.8. The molecule has 0 saturated carbocycles. The van der Waals surface area contributed by atoms with Crippen LogP contribution < -0.4 is 0 Å². The molecule has 2 amide bonds. The van der Waals surface area contributed by atoms with Crippen LogP contribution in [-0.4, -0.2) is 35.3 Å². The number of carbonyl (C=O) groups excluding carboxylic acids is 3. The molecule has 5 heteroatoms. The van der Waals surface area contributed by atoms with Gasteiger partial charge in [-0.15, -0.1) is 0 Å². The molecule has 5 nitrogen and oxygen atoms in total. The Bertz CT molecular complexity index is 813. The number of likely N-dealkylation sites (tertiary alicyclic amines) is 1. The molecule has 0 radical (unpaired) electrons. The number of ether oxygens (including phenoxy) is 1. The van der Waals surface area contributed by atoms with E-state index in [0.29, 0.717) is 19.4 Å². The Hall–Kier alpha value is -2.95. The molecule has 3 rings (SSSR count). The van der Waals surface area contributed by atoms with Gasteiger partial charge in [-0.3, -0.25) is 19.3 Å². The van der Waals surface area contributed by atoms with Gasteiger partial charge in [-0.05, 0) is 36.5 Å². The van der Waals surface area contributed by atoms with Crippen LogP contribution in [0, 0.1) is 0 Å². The zero-order valence-corrected chi connectivity index (χ0v) is 16.1. The number of nitrogens with zero attached hydrogens (tertiary/aromatic N) is 1. The van der Waals surface area contributed by atoms with Gasteiger partial charge in [0.25, 0.3) is 0 Å². The first-order valence-electron chi connectivity index (χ1n) is 9.73. The molecular formula is C23H25NO4. The molecule has 2 aromatic carbocycles. The lowest BCUT2D eigenvalue weighted by Gasteiger charge is -2.26. The Morgan fingerprint density at radius 1 is 0.964 bits per heavy atom. The van der Waals surface area contributed by atoms with Crippen LogP contribution in [0.4, 0.5) is 0 Å². The van der Waals surface area contributed by atoms with Gasteiger partial charge < -0.3 is 4.74 Å². The summed E-state index contributed by atoms with van der Waals surface area (Å²) in [6.07, 6.45) is 1.64. The second-order valence-electron chi connectivity index (χ2n) is 6.92. The summed E-state index contributed by atoms with van der Waals surface area (Å²) in [4.78, 5) is 37.5. The maximum absolute atomic E-state index is 12.2. The molecule has 0 bridgehead atoms. The van der Waals surface area contributed by atoms with Crippen molar-refractivity contribution in [3.05, 3.63) is 60.2 Å². The predicted octanol–water partition coefficient (Wildman–Crippen LogP) is 3.76. The summed E-state index contributed by atoms with van der Waals surface area (Å²) in [6, 6.07) is 17.9. The van der Waals surface area contributed by atoms with Crippen LogP contribution in [0.5, 0.6) is 0 Å². The number of imide groups is 1. The minimum atomic E-state index is -0.325. The summed E-state index contributed by atoms with van der Waals surface area (Å²) < 4.78 is 5.00. The molecule has 0 spiro atoms. The van der Waals surface area contributed by atoms with E-state index >= 15 is 0 Å². The Kier molecular flexibility index (Phi) is 6.58.